The van der Waals surface area contributed by atoms with Crippen LogP contribution in [0.3, 0.4) is 0 Å². The van der Waals surface area contributed by atoms with Crippen molar-refractivity contribution in [2.24, 2.45) is 17.8 Å². The van der Waals surface area contributed by atoms with Crippen molar-refractivity contribution in [1.82, 2.24) is 4.90 Å². The van der Waals surface area contributed by atoms with Gasteiger partial charge in [0, 0.05) is 13.1 Å². The Bertz CT molecular complexity index is 287. The van der Waals surface area contributed by atoms with Crippen LogP contribution in [0.15, 0.2) is 0 Å². The van der Waals surface area contributed by atoms with Crippen LogP contribution in [0, 0.1) is 17.8 Å². The summed E-state index contributed by atoms with van der Waals surface area (Å²) >= 11 is 0. The number of likely N-dealkylation sites (tertiary alicyclic amines) is 1. The van der Waals surface area contributed by atoms with E-state index in [0.717, 1.165) is 12.8 Å². The van der Waals surface area contributed by atoms with E-state index in [2.05, 4.69) is 4.74 Å². The van der Waals surface area contributed by atoms with Crippen molar-refractivity contribution in [2.45, 2.75) is 12.8 Å². The highest BCUT2D eigenvalue weighted by molar-refractivity contribution is 5.74. The lowest BCUT2D eigenvalue weighted by Gasteiger charge is -2.13. The average Bonchev–Trinajstić information content (AvgIpc) is 2.96. The lowest BCUT2D eigenvalue weighted by molar-refractivity contribution is -0.142. The molecule has 2 rings (SSSR count). The third-order valence-electron chi connectivity index (χ3n) is 3.34. The van der Waals surface area contributed by atoms with Gasteiger partial charge in [0.15, 0.2) is 0 Å². The van der Waals surface area contributed by atoms with Crippen LogP contribution in [-0.2, 0) is 9.53 Å². The zero-order chi connectivity index (χ0) is 11.0. The molecule has 1 aliphatic heterocycles. The summed E-state index contributed by atoms with van der Waals surface area (Å²) < 4.78 is 4.60. The van der Waals surface area contributed by atoms with Gasteiger partial charge in [0.1, 0.15) is 0 Å². The third kappa shape index (κ3) is 1.91. The summed E-state index contributed by atoms with van der Waals surface area (Å²) in [6.07, 6.45) is 1.79. The van der Waals surface area contributed by atoms with E-state index in [4.69, 9.17) is 5.11 Å². The Kier molecular flexibility index (Phi) is 2.54. The minimum absolute atomic E-state index is 0.126. The maximum absolute atomic E-state index is 11.3. The number of nitrogens with zero attached hydrogens (tertiary/aromatic N) is 1. The second-order valence-electron chi connectivity index (χ2n) is 4.32. The summed E-state index contributed by atoms with van der Waals surface area (Å²) in [5.41, 5.74) is 0. The fourth-order valence-electron chi connectivity index (χ4n) is 2.37. The van der Waals surface area contributed by atoms with Crippen molar-refractivity contribution in [2.75, 3.05) is 20.2 Å². The number of rotatable bonds is 2. The molecule has 2 unspecified atom stereocenters. The highest BCUT2D eigenvalue weighted by Crippen LogP contribution is 2.44. The lowest BCUT2D eigenvalue weighted by Crippen LogP contribution is -2.29. The number of carbonyl (C=O) groups is 2. The summed E-state index contributed by atoms with van der Waals surface area (Å²) in [6, 6.07) is 0. The fourth-order valence-corrected chi connectivity index (χ4v) is 2.37. The molecule has 5 heteroatoms. The second-order valence-corrected chi connectivity index (χ2v) is 4.32. The summed E-state index contributed by atoms with van der Waals surface area (Å²) in [5.74, 6) is -0.572. The zero-order valence-corrected chi connectivity index (χ0v) is 8.68. The Balaban J connectivity index is 2.04. The molecule has 0 radical (unpaired) electrons. The molecule has 1 saturated carbocycles. The normalized spacial score (nSPS) is 30.3. The summed E-state index contributed by atoms with van der Waals surface area (Å²) in [7, 11) is 1.32. The van der Waals surface area contributed by atoms with E-state index in [1.165, 1.54) is 12.0 Å². The summed E-state index contributed by atoms with van der Waals surface area (Å²) in [5, 5.41) is 9.05. The molecule has 1 heterocycles. The van der Waals surface area contributed by atoms with Gasteiger partial charge >= 0.3 is 12.1 Å². The van der Waals surface area contributed by atoms with Gasteiger partial charge in [-0.3, -0.25) is 4.79 Å². The van der Waals surface area contributed by atoms with E-state index in [9.17, 15) is 9.59 Å². The number of carboxylic acids is 1. The van der Waals surface area contributed by atoms with Crippen LogP contribution in [0.4, 0.5) is 4.79 Å². The number of hydrogen-bond acceptors (Lipinski definition) is 3. The summed E-state index contributed by atoms with van der Waals surface area (Å²) in [6.45, 7) is 0.831. The first kappa shape index (κ1) is 10.3. The Morgan fingerprint density at radius 3 is 2.47 bits per heavy atom. The maximum atomic E-state index is 11.3. The van der Waals surface area contributed by atoms with Gasteiger partial charge in [-0.15, -0.1) is 0 Å². The van der Waals surface area contributed by atoms with Crippen LogP contribution in [0.1, 0.15) is 12.8 Å². The van der Waals surface area contributed by atoms with Crippen molar-refractivity contribution in [3.05, 3.63) is 0 Å². The van der Waals surface area contributed by atoms with E-state index < -0.39 is 18.0 Å². The van der Waals surface area contributed by atoms with Gasteiger partial charge in [-0.2, -0.15) is 0 Å². The highest BCUT2D eigenvalue weighted by Gasteiger charge is 2.47. The number of amides is 1. The van der Waals surface area contributed by atoms with Crippen LogP contribution in [0.25, 0.3) is 0 Å². The zero-order valence-electron chi connectivity index (χ0n) is 8.68. The Morgan fingerprint density at radius 2 is 2.00 bits per heavy atom. The van der Waals surface area contributed by atoms with Gasteiger partial charge in [0.25, 0.3) is 0 Å². The van der Waals surface area contributed by atoms with Crippen LogP contribution in [-0.4, -0.2) is 42.3 Å². The maximum Gasteiger partial charge on any atom is 0.409 e. The van der Waals surface area contributed by atoms with Crippen molar-refractivity contribution in [3.63, 3.8) is 0 Å². The molecule has 1 amide bonds. The first-order valence-electron chi connectivity index (χ1n) is 5.19. The SMILES string of the molecule is COC(=O)N1CC(C(=O)O)C(C2CC2)C1. The molecule has 0 aromatic rings. The third-order valence-corrected chi connectivity index (χ3v) is 3.34. The fraction of sp³-hybridized carbons (Fsp3) is 0.800. The molecule has 84 valence electrons. The second kappa shape index (κ2) is 3.72. The Morgan fingerprint density at radius 1 is 1.33 bits per heavy atom. The molecule has 2 fully saturated rings. The minimum Gasteiger partial charge on any atom is -0.481 e. The Hall–Kier alpha value is -1.26. The van der Waals surface area contributed by atoms with Crippen molar-refractivity contribution in [3.8, 4) is 0 Å². The predicted molar refractivity (Wildman–Crippen MR) is 51.3 cm³/mol. The number of ether oxygens (including phenoxy) is 1. The van der Waals surface area contributed by atoms with Crippen LogP contribution >= 0.6 is 0 Å². The van der Waals surface area contributed by atoms with Gasteiger partial charge in [0.2, 0.25) is 0 Å². The molecule has 5 nitrogen and oxygen atoms in total. The van der Waals surface area contributed by atoms with E-state index in [0.29, 0.717) is 19.0 Å². The number of methoxy groups -OCH3 is 1. The molecule has 0 aromatic carbocycles. The van der Waals surface area contributed by atoms with Crippen LogP contribution in [0.5, 0.6) is 0 Å². The van der Waals surface area contributed by atoms with E-state index in [1.54, 1.807) is 0 Å². The number of aliphatic carboxylic acids is 1. The quantitative estimate of drug-likeness (QED) is 0.736. The van der Waals surface area contributed by atoms with Crippen LogP contribution in [0.2, 0.25) is 0 Å². The van der Waals surface area contributed by atoms with Gasteiger partial charge in [0.05, 0.1) is 13.0 Å². The largest absolute Gasteiger partial charge is 0.481 e. The molecule has 0 aromatic heterocycles. The van der Waals surface area contributed by atoms with Gasteiger partial charge in [-0.1, -0.05) is 0 Å². The predicted octanol–water partition coefficient (Wildman–Crippen LogP) is 0.795. The topological polar surface area (TPSA) is 66.8 Å². The molecule has 0 spiro atoms. The van der Waals surface area contributed by atoms with E-state index >= 15 is 0 Å². The van der Waals surface area contributed by atoms with Gasteiger partial charge in [-0.25, -0.2) is 4.79 Å². The number of carbonyl (C=O) groups excluding carboxylic acids is 1. The minimum atomic E-state index is -0.793. The van der Waals surface area contributed by atoms with E-state index in [1.807, 2.05) is 0 Å². The lowest BCUT2D eigenvalue weighted by atomic mass is 9.92. The smallest absolute Gasteiger partial charge is 0.409 e. The summed E-state index contributed by atoms with van der Waals surface area (Å²) in [4.78, 5) is 23.8. The standard InChI is InChI=1S/C10H15NO4/c1-15-10(14)11-4-7(6-2-3-6)8(5-11)9(12)13/h6-8H,2-5H2,1H3,(H,12,13). The molecule has 1 saturated heterocycles. The van der Waals surface area contributed by atoms with E-state index in [-0.39, 0.29) is 5.92 Å². The molecule has 1 N–H and O–H groups in total. The molecule has 2 aliphatic rings. The molecule has 2 atom stereocenters. The number of hydrogen-bond donors (Lipinski definition) is 1. The molecule has 1 aliphatic carbocycles. The van der Waals surface area contributed by atoms with Crippen molar-refractivity contribution >= 4 is 12.1 Å². The van der Waals surface area contributed by atoms with Crippen molar-refractivity contribution < 1.29 is 19.4 Å². The van der Waals surface area contributed by atoms with Gasteiger partial charge in [-0.05, 0) is 24.7 Å². The monoisotopic (exact) mass is 213 g/mol. The Labute approximate surface area is 88.0 Å². The van der Waals surface area contributed by atoms with Gasteiger partial charge < -0.3 is 14.7 Å². The average molecular weight is 213 g/mol. The van der Waals surface area contributed by atoms with Crippen LogP contribution < -0.4 is 0 Å². The first-order valence-corrected chi connectivity index (χ1v) is 5.19. The van der Waals surface area contributed by atoms with Crippen molar-refractivity contribution in [1.29, 1.82) is 0 Å². The highest BCUT2D eigenvalue weighted by atomic mass is 16.5. The molecular weight excluding hydrogens is 198 g/mol. The molecular formula is C10H15NO4. The molecule has 15 heavy (non-hydrogen) atoms. The first-order chi connectivity index (χ1) is 7.13. The molecule has 0 bridgehead atoms. The number of carboxylic acid groups (broad SMARTS) is 1.